The van der Waals surface area contributed by atoms with E-state index in [4.69, 9.17) is 25.3 Å². The van der Waals surface area contributed by atoms with Crippen LogP contribution >= 0.6 is 11.6 Å². The highest BCUT2D eigenvalue weighted by atomic mass is 35.5. The zero-order valence-electron chi connectivity index (χ0n) is 15.6. The fraction of sp³-hybridized carbons (Fsp3) is 0.333. The lowest BCUT2D eigenvalue weighted by atomic mass is 10.0. The number of furan rings is 1. The topological polar surface area (TPSA) is 68.7 Å². The summed E-state index contributed by atoms with van der Waals surface area (Å²) in [6, 6.07) is 11.1. The largest absolute Gasteiger partial charge is 0.467 e. The van der Waals surface area contributed by atoms with Gasteiger partial charge in [0, 0.05) is 24.8 Å². The molecular weight excluding hydrogens is 380 g/mol. The maximum absolute atomic E-state index is 13.7. The van der Waals surface area contributed by atoms with Gasteiger partial charge in [0.2, 0.25) is 0 Å². The van der Waals surface area contributed by atoms with Gasteiger partial charge in [-0.2, -0.15) is 0 Å². The molecule has 1 aliphatic rings. The number of halogens is 1. The summed E-state index contributed by atoms with van der Waals surface area (Å²) in [6.07, 6.45) is 3.16. The van der Waals surface area contributed by atoms with Crippen molar-refractivity contribution in [3.05, 3.63) is 64.8 Å². The van der Waals surface area contributed by atoms with Crippen molar-refractivity contribution >= 4 is 17.5 Å². The summed E-state index contributed by atoms with van der Waals surface area (Å²) in [5.74, 6) is 1.06. The molecule has 146 valence electrons. The second kappa shape index (κ2) is 8.20. The average molecular weight is 401 g/mol. The van der Waals surface area contributed by atoms with Crippen LogP contribution in [0.2, 0.25) is 5.02 Å². The van der Waals surface area contributed by atoms with Gasteiger partial charge in [-0.05, 0) is 38.0 Å². The molecule has 4 rings (SSSR count). The lowest BCUT2D eigenvalue weighted by molar-refractivity contribution is 0.0249. The molecule has 0 atom stereocenters. The Kier molecular flexibility index (Phi) is 5.50. The molecule has 28 heavy (non-hydrogen) atoms. The number of ether oxygens (including phenoxy) is 1. The van der Waals surface area contributed by atoms with E-state index < -0.39 is 0 Å². The smallest absolute Gasteiger partial charge is 0.260 e. The molecule has 1 amide bonds. The number of hydrogen-bond donors (Lipinski definition) is 0. The van der Waals surface area contributed by atoms with Crippen LogP contribution < -0.4 is 0 Å². The number of aromatic nitrogens is 1. The molecule has 0 radical (unpaired) electrons. The normalized spacial score (nSPS) is 14.9. The Morgan fingerprint density at radius 1 is 1.21 bits per heavy atom. The number of aryl methyl sites for hydroxylation is 1. The van der Waals surface area contributed by atoms with E-state index in [1.54, 1.807) is 19.3 Å². The molecule has 1 aliphatic heterocycles. The predicted octanol–water partition coefficient (Wildman–Crippen LogP) is 4.72. The molecule has 1 fully saturated rings. The molecule has 0 saturated carbocycles. The van der Waals surface area contributed by atoms with Gasteiger partial charge in [0.15, 0.2) is 0 Å². The summed E-state index contributed by atoms with van der Waals surface area (Å²) in [4.78, 5) is 15.5. The minimum absolute atomic E-state index is 0.0553. The van der Waals surface area contributed by atoms with Gasteiger partial charge in [0.1, 0.15) is 22.8 Å². The molecule has 0 unspecified atom stereocenters. The van der Waals surface area contributed by atoms with Crippen LogP contribution in [-0.2, 0) is 11.3 Å². The molecule has 1 saturated heterocycles. The SMILES string of the molecule is Cc1onc(-c2ccccc2Cl)c1C(=O)N(Cc1ccco1)C1CCOCC1. The quantitative estimate of drug-likeness (QED) is 0.620. The maximum Gasteiger partial charge on any atom is 0.260 e. The van der Waals surface area contributed by atoms with Crippen molar-refractivity contribution in [3.8, 4) is 11.3 Å². The first-order valence-electron chi connectivity index (χ1n) is 9.27. The first kappa shape index (κ1) is 18.8. The third-order valence-corrected chi connectivity index (χ3v) is 5.33. The Bertz CT molecular complexity index is 945. The van der Waals surface area contributed by atoms with Crippen LogP contribution in [0.1, 0.15) is 34.7 Å². The highest BCUT2D eigenvalue weighted by molar-refractivity contribution is 6.33. The minimum Gasteiger partial charge on any atom is -0.467 e. The van der Waals surface area contributed by atoms with Crippen molar-refractivity contribution in [2.45, 2.75) is 32.4 Å². The summed E-state index contributed by atoms with van der Waals surface area (Å²) >= 11 is 6.35. The molecule has 3 heterocycles. The molecule has 0 N–H and O–H groups in total. The zero-order chi connectivity index (χ0) is 19.5. The third-order valence-electron chi connectivity index (χ3n) is 5.00. The fourth-order valence-electron chi connectivity index (χ4n) is 3.54. The van der Waals surface area contributed by atoms with Gasteiger partial charge in [-0.1, -0.05) is 35.0 Å². The minimum atomic E-state index is -0.142. The molecule has 0 spiro atoms. The second-order valence-electron chi connectivity index (χ2n) is 6.80. The summed E-state index contributed by atoms with van der Waals surface area (Å²) in [6.45, 7) is 3.39. The third kappa shape index (κ3) is 3.70. The van der Waals surface area contributed by atoms with Gasteiger partial charge >= 0.3 is 0 Å². The number of carbonyl (C=O) groups excluding carboxylic acids is 1. The van der Waals surface area contributed by atoms with E-state index in [0.29, 0.717) is 47.4 Å². The van der Waals surface area contributed by atoms with Crippen LogP contribution in [0.25, 0.3) is 11.3 Å². The molecule has 3 aromatic rings. The van der Waals surface area contributed by atoms with Gasteiger partial charge < -0.3 is 18.6 Å². The van der Waals surface area contributed by atoms with Crippen molar-refractivity contribution in [1.29, 1.82) is 0 Å². The summed E-state index contributed by atoms with van der Waals surface area (Å²) in [5.41, 5.74) is 1.57. The van der Waals surface area contributed by atoms with Crippen molar-refractivity contribution in [2.24, 2.45) is 0 Å². The van der Waals surface area contributed by atoms with Crippen molar-refractivity contribution < 1.29 is 18.5 Å². The predicted molar refractivity (Wildman–Crippen MR) is 104 cm³/mol. The lowest BCUT2D eigenvalue weighted by Crippen LogP contribution is -2.43. The van der Waals surface area contributed by atoms with Gasteiger partial charge in [-0.15, -0.1) is 0 Å². The van der Waals surface area contributed by atoms with E-state index in [1.165, 1.54) is 0 Å². The van der Waals surface area contributed by atoms with Crippen LogP contribution in [0, 0.1) is 6.92 Å². The number of nitrogens with zero attached hydrogens (tertiary/aromatic N) is 2. The van der Waals surface area contributed by atoms with E-state index in [9.17, 15) is 4.79 Å². The number of benzene rings is 1. The monoisotopic (exact) mass is 400 g/mol. The standard InChI is InChI=1S/C21H21ClN2O4/c1-14-19(20(23-28-14)17-6-2-3-7-18(17)22)21(25)24(13-16-5-4-10-27-16)15-8-11-26-12-9-15/h2-7,10,15H,8-9,11-13H2,1H3. The van der Waals surface area contributed by atoms with Gasteiger partial charge in [0.05, 0.1) is 17.8 Å². The molecule has 0 aliphatic carbocycles. The molecule has 7 heteroatoms. The zero-order valence-corrected chi connectivity index (χ0v) is 16.3. The highest BCUT2D eigenvalue weighted by Crippen LogP contribution is 2.33. The van der Waals surface area contributed by atoms with Gasteiger partial charge in [0.25, 0.3) is 5.91 Å². The maximum atomic E-state index is 13.7. The summed E-state index contributed by atoms with van der Waals surface area (Å²) in [5, 5.41) is 4.66. The molecule has 1 aromatic carbocycles. The van der Waals surface area contributed by atoms with Crippen LogP contribution in [0.4, 0.5) is 0 Å². The van der Waals surface area contributed by atoms with E-state index in [2.05, 4.69) is 5.16 Å². The first-order chi connectivity index (χ1) is 13.6. The van der Waals surface area contributed by atoms with E-state index in [-0.39, 0.29) is 11.9 Å². The van der Waals surface area contributed by atoms with Crippen molar-refractivity contribution in [1.82, 2.24) is 10.1 Å². The Morgan fingerprint density at radius 3 is 2.71 bits per heavy atom. The Balaban J connectivity index is 1.72. The van der Waals surface area contributed by atoms with Crippen molar-refractivity contribution in [2.75, 3.05) is 13.2 Å². The number of rotatable bonds is 5. The number of carbonyl (C=O) groups is 1. The van der Waals surface area contributed by atoms with E-state index >= 15 is 0 Å². The summed E-state index contributed by atoms with van der Waals surface area (Å²) in [7, 11) is 0. The van der Waals surface area contributed by atoms with Crippen molar-refractivity contribution in [3.63, 3.8) is 0 Å². The number of hydrogen-bond acceptors (Lipinski definition) is 5. The molecule has 0 bridgehead atoms. The molecule has 2 aromatic heterocycles. The highest BCUT2D eigenvalue weighted by Gasteiger charge is 2.32. The summed E-state index contributed by atoms with van der Waals surface area (Å²) < 4.78 is 16.4. The van der Waals surface area contributed by atoms with Crippen LogP contribution in [0.15, 0.2) is 51.6 Å². The average Bonchev–Trinajstić information content (AvgIpc) is 3.36. The van der Waals surface area contributed by atoms with Crippen LogP contribution in [0.5, 0.6) is 0 Å². The lowest BCUT2D eigenvalue weighted by Gasteiger charge is -2.33. The Labute approximate surface area is 168 Å². The fourth-order valence-corrected chi connectivity index (χ4v) is 3.76. The molecular formula is C21H21ClN2O4. The number of amides is 1. The first-order valence-corrected chi connectivity index (χ1v) is 9.65. The Hall–Kier alpha value is -2.57. The van der Waals surface area contributed by atoms with E-state index in [1.807, 2.05) is 35.2 Å². The van der Waals surface area contributed by atoms with Crippen LogP contribution in [0.3, 0.4) is 0 Å². The Morgan fingerprint density at radius 2 is 2.00 bits per heavy atom. The van der Waals surface area contributed by atoms with Crippen LogP contribution in [-0.4, -0.2) is 35.2 Å². The molecule has 6 nitrogen and oxygen atoms in total. The van der Waals surface area contributed by atoms with E-state index in [0.717, 1.165) is 18.6 Å². The second-order valence-corrected chi connectivity index (χ2v) is 7.21. The van der Waals surface area contributed by atoms with Gasteiger partial charge in [-0.25, -0.2) is 0 Å². The van der Waals surface area contributed by atoms with Gasteiger partial charge in [-0.3, -0.25) is 4.79 Å².